The summed E-state index contributed by atoms with van der Waals surface area (Å²) in [6.45, 7) is 5.68. The van der Waals surface area contributed by atoms with Crippen LogP contribution in [-0.4, -0.2) is 37.4 Å². The van der Waals surface area contributed by atoms with E-state index in [1.807, 2.05) is 13.8 Å². The Balaban J connectivity index is 1.99. The average molecular weight is 279 g/mol. The van der Waals surface area contributed by atoms with Crippen molar-refractivity contribution in [3.8, 4) is 11.5 Å². The fourth-order valence-corrected chi connectivity index (χ4v) is 2.00. The third-order valence-electron chi connectivity index (χ3n) is 3.32. The Morgan fingerprint density at radius 3 is 2.70 bits per heavy atom. The summed E-state index contributed by atoms with van der Waals surface area (Å²) >= 11 is 0. The number of nitrogens with one attached hydrogen (secondary N) is 1. The molecule has 1 aromatic rings. The van der Waals surface area contributed by atoms with Crippen molar-refractivity contribution in [2.75, 3.05) is 26.4 Å². The molecular formula is C15H21NO4. The zero-order valence-electron chi connectivity index (χ0n) is 11.9. The van der Waals surface area contributed by atoms with Gasteiger partial charge in [-0.15, -0.1) is 0 Å². The van der Waals surface area contributed by atoms with Crippen molar-refractivity contribution in [1.29, 1.82) is 0 Å². The van der Waals surface area contributed by atoms with E-state index in [2.05, 4.69) is 5.32 Å². The van der Waals surface area contributed by atoms with Gasteiger partial charge in [0.15, 0.2) is 11.5 Å². The Labute approximate surface area is 118 Å². The number of aliphatic hydroxyl groups is 1. The SMILES string of the molecule is CC(C)(CCO)CNC(=O)c1ccc2c(c1)OCCO2. The molecular weight excluding hydrogens is 258 g/mol. The lowest BCUT2D eigenvalue weighted by molar-refractivity contribution is 0.0927. The molecule has 0 aliphatic carbocycles. The first-order valence-corrected chi connectivity index (χ1v) is 6.80. The fourth-order valence-electron chi connectivity index (χ4n) is 2.00. The second-order valence-electron chi connectivity index (χ2n) is 5.68. The lowest BCUT2D eigenvalue weighted by Gasteiger charge is -2.24. The van der Waals surface area contributed by atoms with E-state index in [-0.39, 0.29) is 17.9 Å². The summed E-state index contributed by atoms with van der Waals surface area (Å²) in [5.74, 6) is 1.14. The van der Waals surface area contributed by atoms with Crippen LogP contribution in [-0.2, 0) is 0 Å². The predicted molar refractivity (Wildman–Crippen MR) is 75.2 cm³/mol. The molecule has 0 atom stereocenters. The van der Waals surface area contributed by atoms with E-state index in [9.17, 15) is 4.79 Å². The van der Waals surface area contributed by atoms with E-state index in [0.29, 0.717) is 43.2 Å². The summed E-state index contributed by atoms with van der Waals surface area (Å²) in [6, 6.07) is 5.17. The van der Waals surface area contributed by atoms with Crippen molar-refractivity contribution in [1.82, 2.24) is 5.32 Å². The predicted octanol–water partition coefficient (Wildman–Crippen LogP) is 1.60. The van der Waals surface area contributed by atoms with Crippen molar-refractivity contribution >= 4 is 5.91 Å². The molecule has 1 amide bonds. The van der Waals surface area contributed by atoms with Crippen LogP contribution in [0.1, 0.15) is 30.6 Å². The van der Waals surface area contributed by atoms with Crippen molar-refractivity contribution in [3.63, 3.8) is 0 Å². The second kappa shape index (κ2) is 6.13. The minimum absolute atomic E-state index is 0.118. The summed E-state index contributed by atoms with van der Waals surface area (Å²) in [4.78, 5) is 12.1. The number of hydrogen-bond donors (Lipinski definition) is 2. The molecule has 0 spiro atoms. The molecule has 0 saturated carbocycles. The highest BCUT2D eigenvalue weighted by Gasteiger charge is 2.20. The van der Waals surface area contributed by atoms with Crippen molar-refractivity contribution in [2.45, 2.75) is 20.3 Å². The molecule has 2 rings (SSSR count). The summed E-state index contributed by atoms with van der Waals surface area (Å²) in [5.41, 5.74) is 0.423. The van der Waals surface area contributed by atoms with E-state index in [1.165, 1.54) is 0 Å². The van der Waals surface area contributed by atoms with Crippen LogP contribution < -0.4 is 14.8 Å². The summed E-state index contributed by atoms with van der Waals surface area (Å²) in [6.07, 6.45) is 0.647. The Bertz CT molecular complexity index is 485. The first-order valence-electron chi connectivity index (χ1n) is 6.80. The fraction of sp³-hybridized carbons (Fsp3) is 0.533. The third kappa shape index (κ3) is 3.63. The minimum atomic E-state index is -0.145. The number of benzene rings is 1. The quantitative estimate of drug-likeness (QED) is 0.859. The average Bonchev–Trinajstić information content (AvgIpc) is 2.44. The standard InChI is InChI=1S/C15H21NO4/c1-15(2,5-6-17)10-16-14(18)11-3-4-12-13(9-11)20-8-7-19-12/h3-4,9,17H,5-8,10H2,1-2H3,(H,16,18). The molecule has 5 heteroatoms. The number of ether oxygens (including phenoxy) is 2. The van der Waals surface area contributed by atoms with Crippen LogP contribution in [0.5, 0.6) is 11.5 Å². The second-order valence-corrected chi connectivity index (χ2v) is 5.68. The summed E-state index contributed by atoms with van der Waals surface area (Å²) < 4.78 is 10.9. The first kappa shape index (κ1) is 14.7. The van der Waals surface area contributed by atoms with Crippen molar-refractivity contribution in [2.24, 2.45) is 5.41 Å². The molecule has 0 radical (unpaired) electrons. The number of aliphatic hydroxyl groups excluding tert-OH is 1. The van der Waals surface area contributed by atoms with Crippen LogP contribution in [0.3, 0.4) is 0 Å². The van der Waals surface area contributed by atoms with Crippen molar-refractivity contribution in [3.05, 3.63) is 23.8 Å². The van der Waals surface area contributed by atoms with Gasteiger partial charge in [-0.2, -0.15) is 0 Å². The van der Waals surface area contributed by atoms with Gasteiger partial charge in [0.05, 0.1) is 0 Å². The lowest BCUT2D eigenvalue weighted by atomic mass is 9.89. The maximum absolute atomic E-state index is 12.1. The summed E-state index contributed by atoms with van der Waals surface area (Å²) in [5, 5.41) is 11.9. The van der Waals surface area contributed by atoms with Crippen LogP contribution in [0.15, 0.2) is 18.2 Å². The van der Waals surface area contributed by atoms with Gasteiger partial charge in [0.25, 0.3) is 5.91 Å². The lowest BCUT2D eigenvalue weighted by Crippen LogP contribution is -2.34. The maximum Gasteiger partial charge on any atom is 0.251 e. The highest BCUT2D eigenvalue weighted by atomic mass is 16.6. The van der Waals surface area contributed by atoms with Crippen LogP contribution in [0.25, 0.3) is 0 Å². The monoisotopic (exact) mass is 279 g/mol. The van der Waals surface area contributed by atoms with Crippen LogP contribution in [0, 0.1) is 5.41 Å². The van der Waals surface area contributed by atoms with Gasteiger partial charge in [-0.3, -0.25) is 4.79 Å². The van der Waals surface area contributed by atoms with E-state index >= 15 is 0 Å². The zero-order chi connectivity index (χ0) is 14.6. The van der Waals surface area contributed by atoms with Gasteiger partial charge in [0.2, 0.25) is 0 Å². The maximum atomic E-state index is 12.1. The molecule has 1 aliphatic rings. The summed E-state index contributed by atoms with van der Waals surface area (Å²) in [7, 11) is 0. The number of fused-ring (bicyclic) bond motifs is 1. The van der Waals surface area contributed by atoms with Gasteiger partial charge < -0.3 is 19.9 Å². The highest BCUT2D eigenvalue weighted by molar-refractivity contribution is 5.94. The molecule has 1 aliphatic heterocycles. The topological polar surface area (TPSA) is 67.8 Å². The van der Waals surface area contributed by atoms with Gasteiger partial charge in [0.1, 0.15) is 13.2 Å². The normalized spacial score (nSPS) is 13.9. The Morgan fingerprint density at radius 1 is 1.30 bits per heavy atom. The molecule has 0 unspecified atom stereocenters. The smallest absolute Gasteiger partial charge is 0.251 e. The molecule has 2 N–H and O–H groups in total. The van der Waals surface area contributed by atoms with Gasteiger partial charge in [-0.25, -0.2) is 0 Å². The number of rotatable bonds is 5. The van der Waals surface area contributed by atoms with Gasteiger partial charge >= 0.3 is 0 Å². The van der Waals surface area contributed by atoms with Gasteiger partial charge in [0, 0.05) is 18.7 Å². The zero-order valence-corrected chi connectivity index (χ0v) is 11.9. The largest absolute Gasteiger partial charge is 0.486 e. The van der Waals surface area contributed by atoms with Crippen LogP contribution >= 0.6 is 0 Å². The molecule has 5 nitrogen and oxygen atoms in total. The molecule has 1 heterocycles. The van der Waals surface area contributed by atoms with E-state index in [4.69, 9.17) is 14.6 Å². The number of carbonyl (C=O) groups excluding carboxylic acids is 1. The molecule has 0 aromatic heterocycles. The van der Waals surface area contributed by atoms with Crippen LogP contribution in [0.2, 0.25) is 0 Å². The molecule has 0 saturated heterocycles. The Morgan fingerprint density at radius 2 is 2.00 bits per heavy atom. The highest BCUT2D eigenvalue weighted by Crippen LogP contribution is 2.30. The van der Waals surface area contributed by atoms with Crippen molar-refractivity contribution < 1.29 is 19.4 Å². The third-order valence-corrected chi connectivity index (χ3v) is 3.32. The molecule has 0 fully saturated rings. The first-order chi connectivity index (χ1) is 9.52. The number of hydrogen-bond acceptors (Lipinski definition) is 4. The molecule has 0 bridgehead atoms. The van der Waals surface area contributed by atoms with Crippen LogP contribution in [0.4, 0.5) is 0 Å². The number of carbonyl (C=O) groups is 1. The van der Waals surface area contributed by atoms with Gasteiger partial charge in [-0.05, 0) is 30.0 Å². The number of amides is 1. The molecule has 20 heavy (non-hydrogen) atoms. The Hall–Kier alpha value is -1.75. The minimum Gasteiger partial charge on any atom is -0.486 e. The van der Waals surface area contributed by atoms with E-state index < -0.39 is 0 Å². The van der Waals surface area contributed by atoms with Gasteiger partial charge in [-0.1, -0.05) is 13.8 Å². The Kier molecular flexibility index (Phi) is 4.49. The van der Waals surface area contributed by atoms with E-state index in [1.54, 1.807) is 18.2 Å². The molecule has 1 aromatic carbocycles. The molecule has 110 valence electrons. The van der Waals surface area contributed by atoms with E-state index in [0.717, 1.165) is 0 Å².